The van der Waals surface area contributed by atoms with Crippen molar-refractivity contribution in [1.82, 2.24) is 15.1 Å². The molecule has 0 aliphatic carbocycles. The summed E-state index contributed by atoms with van der Waals surface area (Å²) in [5.74, 6) is -0.741. The average Bonchev–Trinajstić information content (AvgIpc) is 2.44. The summed E-state index contributed by atoms with van der Waals surface area (Å²) in [7, 11) is 0. The Morgan fingerprint density at radius 2 is 1.86 bits per heavy atom. The fourth-order valence-corrected chi connectivity index (χ4v) is 2.98. The Balaban J connectivity index is 2.21. The molecule has 5 heteroatoms. The van der Waals surface area contributed by atoms with E-state index in [1.807, 2.05) is 6.92 Å². The van der Waals surface area contributed by atoms with E-state index in [-0.39, 0.29) is 0 Å². The highest BCUT2D eigenvalue weighted by Gasteiger charge is 2.31. The van der Waals surface area contributed by atoms with E-state index in [1.165, 1.54) is 0 Å². The Labute approximate surface area is 129 Å². The average molecular weight is 299 g/mol. The van der Waals surface area contributed by atoms with Gasteiger partial charge >= 0.3 is 5.97 Å². The predicted octanol–water partition coefficient (Wildman–Crippen LogP) is 1.64. The summed E-state index contributed by atoms with van der Waals surface area (Å²) in [5, 5.41) is 12.4. The zero-order valence-corrected chi connectivity index (χ0v) is 14.2. The monoisotopic (exact) mass is 299 g/mol. The van der Waals surface area contributed by atoms with Crippen LogP contribution in [0.4, 0.5) is 0 Å². The predicted molar refractivity (Wildman–Crippen MR) is 86.7 cm³/mol. The van der Waals surface area contributed by atoms with Gasteiger partial charge in [-0.05, 0) is 53.1 Å². The first-order chi connectivity index (χ1) is 9.89. The zero-order chi connectivity index (χ0) is 15.9. The number of likely N-dealkylation sites (N-methyl/N-ethyl adjacent to an activating group) is 1. The van der Waals surface area contributed by atoms with Gasteiger partial charge in [-0.25, -0.2) is 0 Å². The van der Waals surface area contributed by atoms with Gasteiger partial charge in [0.1, 0.15) is 5.54 Å². The molecule has 1 unspecified atom stereocenters. The number of rotatable bonds is 9. The number of unbranched alkanes of at least 4 members (excludes halogenated alkanes) is 1. The SMILES string of the molecule is CCNC(C)(CCCCN1CCN(C(C)C)CC1)C(=O)O. The molecule has 1 atom stereocenters. The molecule has 1 fully saturated rings. The normalized spacial score (nSPS) is 20.6. The number of hydrogen-bond acceptors (Lipinski definition) is 4. The first-order valence-corrected chi connectivity index (χ1v) is 8.34. The Bertz CT molecular complexity index is 315. The molecule has 0 bridgehead atoms. The first kappa shape index (κ1) is 18.4. The lowest BCUT2D eigenvalue weighted by Gasteiger charge is -2.37. The van der Waals surface area contributed by atoms with Crippen molar-refractivity contribution in [3.8, 4) is 0 Å². The lowest BCUT2D eigenvalue weighted by molar-refractivity contribution is -0.144. The summed E-state index contributed by atoms with van der Waals surface area (Å²) in [5.41, 5.74) is -0.773. The first-order valence-electron chi connectivity index (χ1n) is 8.34. The number of carboxylic acids is 1. The molecule has 5 nitrogen and oxygen atoms in total. The summed E-state index contributed by atoms with van der Waals surface area (Å²) in [6.07, 6.45) is 2.73. The molecule has 124 valence electrons. The van der Waals surface area contributed by atoms with Crippen LogP contribution in [0.15, 0.2) is 0 Å². The second-order valence-electron chi connectivity index (χ2n) is 6.60. The Morgan fingerprint density at radius 3 is 2.33 bits per heavy atom. The van der Waals surface area contributed by atoms with Crippen molar-refractivity contribution in [2.45, 2.75) is 58.5 Å². The van der Waals surface area contributed by atoms with E-state index in [9.17, 15) is 9.90 Å². The maximum absolute atomic E-state index is 11.3. The molecule has 0 amide bonds. The van der Waals surface area contributed by atoms with Crippen LogP contribution in [0.2, 0.25) is 0 Å². The van der Waals surface area contributed by atoms with Crippen molar-refractivity contribution in [3.05, 3.63) is 0 Å². The highest BCUT2D eigenvalue weighted by Crippen LogP contribution is 2.15. The van der Waals surface area contributed by atoms with Crippen molar-refractivity contribution in [1.29, 1.82) is 0 Å². The molecule has 21 heavy (non-hydrogen) atoms. The van der Waals surface area contributed by atoms with Gasteiger partial charge in [0.2, 0.25) is 0 Å². The summed E-state index contributed by atoms with van der Waals surface area (Å²) >= 11 is 0. The minimum atomic E-state index is -0.773. The highest BCUT2D eigenvalue weighted by atomic mass is 16.4. The minimum absolute atomic E-state index is 0.642. The van der Waals surface area contributed by atoms with Gasteiger partial charge in [-0.1, -0.05) is 6.92 Å². The number of aliphatic carboxylic acids is 1. The van der Waals surface area contributed by atoms with Crippen molar-refractivity contribution < 1.29 is 9.90 Å². The van der Waals surface area contributed by atoms with Crippen LogP contribution in [-0.4, -0.2) is 71.7 Å². The maximum atomic E-state index is 11.3. The van der Waals surface area contributed by atoms with Gasteiger partial charge in [0.15, 0.2) is 0 Å². The number of nitrogens with zero attached hydrogens (tertiary/aromatic N) is 2. The molecular weight excluding hydrogens is 266 g/mol. The summed E-state index contributed by atoms with van der Waals surface area (Å²) in [6, 6.07) is 0.642. The number of carbonyl (C=O) groups is 1. The zero-order valence-electron chi connectivity index (χ0n) is 14.2. The molecule has 0 saturated carbocycles. The molecule has 1 saturated heterocycles. The van der Waals surface area contributed by atoms with E-state index < -0.39 is 11.5 Å². The molecule has 0 spiro atoms. The molecule has 1 heterocycles. The Hall–Kier alpha value is -0.650. The number of nitrogens with one attached hydrogen (secondary N) is 1. The summed E-state index contributed by atoms with van der Waals surface area (Å²) in [6.45, 7) is 14.6. The third kappa shape index (κ3) is 5.93. The van der Waals surface area contributed by atoms with Gasteiger partial charge < -0.3 is 15.3 Å². The number of hydrogen-bond donors (Lipinski definition) is 2. The summed E-state index contributed by atoms with van der Waals surface area (Å²) < 4.78 is 0. The van der Waals surface area contributed by atoms with Gasteiger partial charge in [-0.3, -0.25) is 9.69 Å². The Morgan fingerprint density at radius 1 is 1.24 bits per heavy atom. The summed E-state index contributed by atoms with van der Waals surface area (Å²) in [4.78, 5) is 16.3. The van der Waals surface area contributed by atoms with Crippen LogP contribution in [0, 0.1) is 0 Å². The molecule has 1 aliphatic rings. The second-order valence-corrected chi connectivity index (χ2v) is 6.60. The van der Waals surface area contributed by atoms with E-state index in [4.69, 9.17) is 0 Å². The fourth-order valence-electron chi connectivity index (χ4n) is 2.98. The van der Waals surface area contributed by atoms with Crippen molar-refractivity contribution in [3.63, 3.8) is 0 Å². The molecule has 0 aromatic rings. The Kier molecular flexibility index (Phi) is 7.63. The van der Waals surface area contributed by atoms with Gasteiger partial charge in [0.05, 0.1) is 0 Å². The van der Waals surface area contributed by atoms with Crippen molar-refractivity contribution >= 4 is 5.97 Å². The quantitative estimate of drug-likeness (QED) is 0.634. The van der Waals surface area contributed by atoms with Gasteiger partial charge in [-0.15, -0.1) is 0 Å². The van der Waals surface area contributed by atoms with E-state index >= 15 is 0 Å². The van der Waals surface area contributed by atoms with Crippen LogP contribution in [0.5, 0.6) is 0 Å². The standard InChI is InChI=1S/C16H33N3O2/c1-5-17-16(4,15(20)21)8-6-7-9-18-10-12-19(13-11-18)14(2)3/h14,17H,5-13H2,1-4H3,(H,20,21). The lowest BCUT2D eigenvalue weighted by Crippen LogP contribution is -2.50. The number of piperazine rings is 1. The topological polar surface area (TPSA) is 55.8 Å². The van der Waals surface area contributed by atoms with Crippen LogP contribution in [-0.2, 0) is 4.79 Å². The third-order valence-electron chi connectivity index (χ3n) is 4.58. The smallest absolute Gasteiger partial charge is 0.323 e. The van der Waals surface area contributed by atoms with Crippen LogP contribution in [0.3, 0.4) is 0 Å². The van der Waals surface area contributed by atoms with E-state index in [0.717, 1.165) is 45.6 Å². The van der Waals surface area contributed by atoms with Crippen LogP contribution in [0.25, 0.3) is 0 Å². The highest BCUT2D eigenvalue weighted by molar-refractivity contribution is 5.78. The van der Waals surface area contributed by atoms with Crippen LogP contribution in [0.1, 0.15) is 47.0 Å². The van der Waals surface area contributed by atoms with E-state index in [2.05, 4.69) is 29.0 Å². The molecule has 0 aromatic heterocycles. The van der Waals surface area contributed by atoms with E-state index in [1.54, 1.807) is 6.92 Å². The minimum Gasteiger partial charge on any atom is -0.480 e. The van der Waals surface area contributed by atoms with Crippen LogP contribution < -0.4 is 5.32 Å². The van der Waals surface area contributed by atoms with Crippen molar-refractivity contribution in [2.24, 2.45) is 0 Å². The molecule has 0 aromatic carbocycles. The second kappa shape index (κ2) is 8.71. The van der Waals surface area contributed by atoms with Gasteiger partial charge in [0, 0.05) is 32.2 Å². The number of carboxylic acid groups (broad SMARTS) is 1. The van der Waals surface area contributed by atoms with Crippen LogP contribution >= 0.6 is 0 Å². The maximum Gasteiger partial charge on any atom is 0.323 e. The molecule has 2 N–H and O–H groups in total. The van der Waals surface area contributed by atoms with Gasteiger partial charge in [-0.2, -0.15) is 0 Å². The van der Waals surface area contributed by atoms with E-state index in [0.29, 0.717) is 19.0 Å². The third-order valence-corrected chi connectivity index (χ3v) is 4.58. The van der Waals surface area contributed by atoms with Gasteiger partial charge in [0.25, 0.3) is 0 Å². The largest absolute Gasteiger partial charge is 0.480 e. The molecule has 1 rings (SSSR count). The van der Waals surface area contributed by atoms with Crippen molar-refractivity contribution in [2.75, 3.05) is 39.3 Å². The lowest BCUT2D eigenvalue weighted by atomic mass is 9.95. The molecule has 1 aliphatic heterocycles. The fraction of sp³-hybridized carbons (Fsp3) is 0.938. The molecule has 0 radical (unpaired) electrons. The molecular formula is C16H33N3O2.